The number of ketones is 1. The number of rotatable bonds is 3. The second kappa shape index (κ2) is 5.38. The first-order valence-corrected chi connectivity index (χ1v) is 5.76. The Labute approximate surface area is 100 Å². The zero-order valence-corrected chi connectivity index (χ0v) is 9.86. The molecule has 1 aromatic rings. The zero-order valence-electron chi connectivity index (χ0n) is 9.86. The Morgan fingerprint density at radius 2 is 1.88 bits per heavy atom. The van der Waals surface area contributed by atoms with Crippen LogP contribution in [0.5, 0.6) is 0 Å². The molecule has 0 radical (unpaired) electrons. The lowest BCUT2D eigenvalue weighted by molar-refractivity contribution is -0.124. The van der Waals surface area contributed by atoms with Gasteiger partial charge in [-0.1, -0.05) is 12.1 Å². The summed E-state index contributed by atoms with van der Waals surface area (Å²) in [4.78, 5) is 13.8. The van der Waals surface area contributed by atoms with E-state index in [1.54, 1.807) is 19.1 Å². The molecule has 0 N–H and O–H groups in total. The van der Waals surface area contributed by atoms with Gasteiger partial charge >= 0.3 is 0 Å². The van der Waals surface area contributed by atoms with Gasteiger partial charge in [0.1, 0.15) is 5.82 Å². The summed E-state index contributed by atoms with van der Waals surface area (Å²) in [6, 6.07) is 5.87. The Morgan fingerprint density at radius 3 is 2.41 bits per heavy atom. The molecule has 3 nitrogen and oxygen atoms in total. The number of morpholine rings is 1. The summed E-state index contributed by atoms with van der Waals surface area (Å²) in [5.41, 5.74) is 0.848. The van der Waals surface area contributed by atoms with Crippen molar-refractivity contribution < 1.29 is 13.9 Å². The predicted molar refractivity (Wildman–Crippen MR) is 62.2 cm³/mol. The summed E-state index contributed by atoms with van der Waals surface area (Å²) >= 11 is 0. The molecule has 0 bridgehead atoms. The van der Waals surface area contributed by atoms with Gasteiger partial charge in [0, 0.05) is 13.1 Å². The zero-order chi connectivity index (χ0) is 12.3. The molecule has 1 heterocycles. The number of halogens is 1. The molecule has 1 saturated heterocycles. The number of carbonyl (C=O) groups excluding carboxylic acids is 1. The van der Waals surface area contributed by atoms with Crippen LogP contribution in [0.3, 0.4) is 0 Å². The Kier molecular flexibility index (Phi) is 3.86. The van der Waals surface area contributed by atoms with Crippen LogP contribution in [-0.4, -0.2) is 37.0 Å². The van der Waals surface area contributed by atoms with Crippen LogP contribution in [0.25, 0.3) is 0 Å². The molecule has 2 rings (SSSR count). The summed E-state index contributed by atoms with van der Waals surface area (Å²) in [6.45, 7) is 4.34. The molecule has 0 aromatic heterocycles. The van der Waals surface area contributed by atoms with Gasteiger partial charge in [-0.05, 0) is 24.6 Å². The standard InChI is InChI=1S/C13H16FNO2/c1-10(16)13(15-6-8-17-9-7-15)11-2-4-12(14)5-3-11/h2-5,13H,6-9H2,1H3. The number of carbonyl (C=O) groups is 1. The van der Waals surface area contributed by atoms with Gasteiger partial charge < -0.3 is 4.74 Å². The van der Waals surface area contributed by atoms with E-state index >= 15 is 0 Å². The lowest BCUT2D eigenvalue weighted by Crippen LogP contribution is -2.41. The second-order valence-corrected chi connectivity index (χ2v) is 4.21. The third-order valence-electron chi connectivity index (χ3n) is 2.98. The molecule has 1 aliphatic rings. The van der Waals surface area contributed by atoms with Crippen LogP contribution in [-0.2, 0) is 9.53 Å². The SMILES string of the molecule is CC(=O)C(c1ccc(F)cc1)N1CCOCC1. The minimum atomic E-state index is -0.280. The van der Waals surface area contributed by atoms with E-state index in [1.165, 1.54) is 12.1 Å². The third kappa shape index (κ3) is 2.90. The highest BCUT2D eigenvalue weighted by Gasteiger charge is 2.26. The highest BCUT2D eigenvalue weighted by molar-refractivity contribution is 5.82. The van der Waals surface area contributed by atoms with E-state index in [0.29, 0.717) is 13.2 Å². The van der Waals surface area contributed by atoms with E-state index in [0.717, 1.165) is 18.7 Å². The van der Waals surface area contributed by atoms with Crippen molar-refractivity contribution in [3.8, 4) is 0 Å². The van der Waals surface area contributed by atoms with Crippen molar-refractivity contribution in [2.24, 2.45) is 0 Å². The van der Waals surface area contributed by atoms with Crippen LogP contribution in [0.2, 0.25) is 0 Å². The first kappa shape index (κ1) is 12.2. The number of nitrogens with zero attached hydrogens (tertiary/aromatic N) is 1. The first-order chi connectivity index (χ1) is 8.18. The number of Topliss-reactive ketones (excluding diaryl/α,β-unsaturated/α-hetero) is 1. The lowest BCUT2D eigenvalue weighted by atomic mass is 10.0. The topological polar surface area (TPSA) is 29.5 Å². The van der Waals surface area contributed by atoms with Gasteiger partial charge in [-0.3, -0.25) is 9.69 Å². The summed E-state index contributed by atoms with van der Waals surface area (Å²) in [7, 11) is 0. The Balaban J connectivity index is 2.21. The van der Waals surface area contributed by atoms with Crippen LogP contribution in [0.15, 0.2) is 24.3 Å². The van der Waals surface area contributed by atoms with Crippen molar-refractivity contribution in [2.45, 2.75) is 13.0 Å². The van der Waals surface area contributed by atoms with Crippen LogP contribution in [0.1, 0.15) is 18.5 Å². The maximum atomic E-state index is 12.9. The van der Waals surface area contributed by atoms with Crippen LogP contribution < -0.4 is 0 Å². The van der Waals surface area contributed by atoms with Gasteiger partial charge in [-0.25, -0.2) is 4.39 Å². The largest absolute Gasteiger partial charge is 0.379 e. The smallest absolute Gasteiger partial charge is 0.151 e. The van der Waals surface area contributed by atoms with Crippen LogP contribution in [0, 0.1) is 5.82 Å². The summed E-state index contributed by atoms with van der Waals surface area (Å²) < 4.78 is 18.1. The quantitative estimate of drug-likeness (QED) is 0.802. The number of ether oxygens (including phenoxy) is 1. The van der Waals surface area contributed by atoms with Gasteiger partial charge in [-0.15, -0.1) is 0 Å². The van der Waals surface area contributed by atoms with Crippen molar-refractivity contribution in [3.05, 3.63) is 35.6 Å². The van der Waals surface area contributed by atoms with Gasteiger partial charge in [0.2, 0.25) is 0 Å². The van der Waals surface area contributed by atoms with E-state index in [1.807, 2.05) is 0 Å². The van der Waals surface area contributed by atoms with E-state index in [4.69, 9.17) is 4.74 Å². The second-order valence-electron chi connectivity index (χ2n) is 4.21. The average molecular weight is 237 g/mol. The predicted octanol–water partition coefficient (Wildman–Crippen LogP) is 1.79. The van der Waals surface area contributed by atoms with Gasteiger partial charge in [0.15, 0.2) is 5.78 Å². The highest BCUT2D eigenvalue weighted by Crippen LogP contribution is 2.23. The number of hydrogen-bond acceptors (Lipinski definition) is 3. The van der Waals surface area contributed by atoms with E-state index < -0.39 is 0 Å². The van der Waals surface area contributed by atoms with Gasteiger partial charge in [-0.2, -0.15) is 0 Å². The lowest BCUT2D eigenvalue weighted by Gasteiger charge is -2.33. The molecule has 0 amide bonds. The average Bonchev–Trinajstić information content (AvgIpc) is 2.33. The monoisotopic (exact) mass is 237 g/mol. The minimum absolute atomic E-state index is 0.0820. The molecule has 1 atom stereocenters. The maximum Gasteiger partial charge on any atom is 0.151 e. The van der Waals surface area contributed by atoms with Crippen molar-refractivity contribution >= 4 is 5.78 Å². The van der Waals surface area contributed by atoms with Crippen molar-refractivity contribution in [2.75, 3.05) is 26.3 Å². The number of hydrogen-bond donors (Lipinski definition) is 0. The molecule has 0 saturated carbocycles. The summed E-state index contributed by atoms with van der Waals surface area (Å²) in [5.74, 6) is -0.198. The number of benzene rings is 1. The van der Waals surface area contributed by atoms with Crippen LogP contribution in [0.4, 0.5) is 4.39 Å². The highest BCUT2D eigenvalue weighted by atomic mass is 19.1. The molecule has 1 unspecified atom stereocenters. The molecule has 1 aromatic carbocycles. The molecule has 1 aliphatic heterocycles. The maximum absolute atomic E-state index is 12.9. The molecule has 4 heteroatoms. The fourth-order valence-electron chi connectivity index (χ4n) is 2.18. The fraction of sp³-hybridized carbons (Fsp3) is 0.462. The minimum Gasteiger partial charge on any atom is -0.379 e. The Hall–Kier alpha value is -1.26. The summed E-state index contributed by atoms with van der Waals surface area (Å²) in [6.07, 6.45) is 0. The Morgan fingerprint density at radius 1 is 1.29 bits per heavy atom. The van der Waals surface area contributed by atoms with Crippen LogP contribution >= 0.6 is 0 Å². The van der Waals surface area contributed by atoms with Crippen molar-refractivity contribution in [1.29, 1.82) is 0 Å². The Bertz CT molecular complexity index is 385. The molecule has 92 valence electrons. The molecular weight excluding hydrogens is 221 g/mol. The molecule has 0 spiro atoms. The van der Waals surface area contributed by atoms with E-state index in [2.05, 4.69) is 4.90 Å². The molecule has 1 fully saturated rings. The summed E-state index contributed by atoms with van der Waals surface area (Å²) in [5, 5.41) is 0. The molecular formula is C13H16FNO2. The fourth-order valence-corrected chi connectivity index (χ4v) is 2.18. The molecule has 17 heavy (non-hydrogen) atoms. The third-order valence-corrected chi connectivity index (χ3v) is 2.98. The molecule has 0 aliphatic carbocycles. The first-order valence-electron chi connectivity index (χ1n) is 5.76. The van der Waals surface area contributed by atoms with Crippen molar-refractivity contribution in [1.82, 2.24) is 4.90 Å². The van der Waals surface area contributed by atoms with Gasteiger partial charge in [0.25, 0.3) is 0 Å². The van der Waals surface area contributed by atoms with E-state index in [-0.39, 0.29) is 17.6 Å². The normalized spacial score (nSPS) is 18.9. The van der Waals surface area contributed by atoms with Crippen molar-refractivity contribution in [3.63, 3.8) is 0 Å². The van der Waals surface area contributed by atoms with Gasteiger partial charge in [0.05, 0.1) is 19.3 Å². The van der Waals surface area contributed by atoms with E-state index in [9.17, 15) is 9.18 Å².